The number of carbonyl (C=O) groups excluding carboxylic acids is 3. The minimum atomic E-state index is -0.785. The van der Waals surface area contributed by atoms with Crippen LogP contribution in [-0.2, 0) is 9.59 Å². The highest BCUT2D eigenvalue weighted by Gasteiger charge is 2.37. The summed E-state index contributed by atoms with van der Waals surface area (Å²) in [6, 6.07) is 11.2. The lowest BCUT2D eigenvalue weighted by atomic mass is 10.0. The predicted octanol–water partition coefficient (Wildman–Crippen LogP) is 2.97. The van der Waals surface area contributed by atoms with Crippen LogP contribution in [0.3, 0.4) is 0 Å². The Morgan fingerprint density at radius 2 is 1.61 bits per heavy atom. The van der Waals surface area contributed by atoms with Gasteiger partial charge in [-0.25, -0.2) is 9.69 Å². The first-order chi connectivity index (χ1) is 15.0. The summed E-state index contributed by atoms with van der Waals surface area (Å²) < 4.78 is 11.1. The average Bonchev–Trinajstić information content (AvgIpc) is 3.31. The smallest absolute Gasteiger partial charge is 0.335 e. The van der Waals surface area contributed by atoms with Crippen molar-refractivity contribution >= 4 is 35.3 Å². The fraction of sp³-hybridized carbons (Fsp3) is 0.261. The maximum Gasteiger partial charge on any atom is 0.335 e. The van der Waals surface area contributed by atoms with Crippen molar-refractivity contribution in [2.75, 3.05) is 37.1 Å². The highest BCUT2D eigenvalue weighted by atomic mass is 16.5. The Morgan fingerprint density at radius 3 is 2.26 bits per heavy atom. The van der Waals surface area contributed by atoms with E-state index in [1.807, 2.05) is 6.07 Å². The number of hydrogen-bond acceptors (Lipinski definition) is 6. The van der Waals surface area contributed by atoms with Gasteiger partial charge in [0.25, 0.3) is 11.8 Å². The van der Waals surface area contributed by atoms with Gasteiger partial charge in [-0.05, 0) is 37.1 Å². The molecule has 2 fully saturated rings. The maximum atomic E-state index is 13.1. The minimum absolute atomic E-state index is 0.169. The molecule has 2 aromatic rings. The first-order valence-corrected chi connectivity index (χ1v) is 10.0. The lowest BCUT2D eigenvalue weighted by Gasteiger charge is -2.26. The fourth-order valence-electron chi connectivity index (χ4n) is 3.85. The van der Waals surface area contributed by atoms with E-state index in [-0.39, 0.29) is 5.57 Å². The SMILES string of the molecule is COc1cc(N2CCCC2)c(OC)cc1/C=C1\C(=O)NC(=O)N(c2ccccc2)C1=O. The zero-order valence-corrected chi connectivity index (χ0v) is 17.4. The number of urea groups is 1. The molecule has 2 aliphatic rings. The van der Waals surface area contributed by atoms with Gasteiger partial charge in [0.1, 0.15) is 17.1 Å². The van der Waals surface area contributed by atoms with Crippen LogP contribution in [0.5, 0.6) is 11.5 Å². The Bertz CT molecular complexity index is 1060. The summed E-state index contributed by atoms with van der Waals surface area (Å²) in [7, 11) is 3.10. The number of anilines is 2. The average molecular weight is 421 g/mol. The summed E-state index contributed by atoms with van der Waals surface area (Å²) in [5.74, 6) is -0.343. The Hall–Kier alpha value is -3.81. The summed E-state index contributed by atoms with van der Waals surface area (Å²) in [6.45, 7) is 1.85. The molecule has 0 unspecified atom stereocenters. The first-order valence-electron chi connectivity index (χ1n) is 10.0. The number of carbonyl (C=O) groups is 3. The molecule has 0 bridgehead atoms. The number of ether oxygens (including phenoxy) is 2. The highest BCUT2D eigenvalue weighted by molar-refractivity contribution is 6.39. The normalized spacial score (nSPS) is 17.9. The van der Waals surface area contributed by atoms with E-state index >= 15 is 0 Å². The van der Waals surface area contributed by atoms with Crippen LogP contribution in [-0.4, -0.2) is 45.2 Å². The molecule has 2 saturated heterocycles. The molecule has 0 saturated carbocycles. The van der Waals surface area contributed by atoms with Gasteiger partial charge in [0.2, 0.25) is 0 Å². The Morgan fingerprint density at radius 1 is 0.935 bits per heavy atom. The number of rotatable bonds is 5. The number of barbiturate groups is 1. The molecular formula is C23H23N3O5. The van der Waals surface area contributed by atoms with E-state index in [0.717, 1.165) is 36.5 Å². The van der Waals surface area contributed by atoms with Crippen LogP contribution >= 0.6 is 0 Å². The molecule has 4 amide bonds. The van der Waals surface area contributed by atoms with Crippen molar-refractivity contribution < 1.29 is 23.9 Å². The molecule has 0 aliphatic carbocycles. The quantitative estimate of drug-likeness (QED) is 0.590. The molecule has 160 valence electrons. The first kappa shape index (κ1) is 20.5. The number of methoxy groups -OCH3 is 2. The van der Waals surface area contributed by atoms with E-state index in [4.69, 9.17) is 9.47 Å². The van der Waals surface area contributed by atoms with E-state index in [1.54, 1.807) is 43.5 Å². The van der Waals surface area contributed by atoms with Crippen molar-refractivity contribution in [3.8, 4) is 11.5 Å². The Kier molecular flexibility index (Phi) is 5.62. The molecule has 4 rings (SSSR count). The van der Waals surface area contributed by atoms with Crippen molar-refractivity contribution in [1.29, 1.82) is 0 Å². The van der Waals surface area contributed by atoms with E-state index in [1.165, 1.54) is 13.2 Å². The molecule has 8 nitrogen and oxygen atoms in total. The van der Waals surface area contributed by atoms with Crippen LogP contribution in [0.25, 0.3) is 6.08 Å². The van der Waals surface area contributed by atoms with E-state index in [2.05, 4.69) is 10.2 Å². The molecule has 0 atom stereocenters. The van der Waals surface area contributed by atoms with Crippen molar-refractivity contribution in [3.05, 3.63) is 53.6 Å². The molecule has 2 aromatic carbocycles. The predicted molar refractivity (Wildman–Crippen MR) is 116 cm³/mol. The van der Waals surface area contributed by atoms with Crippen molar-refractivity contribution in [2.45, 2.75) is 12.8 Å². The van der Waals surface area contributed by atoms with Crippen molar-refractivity contribution in [2.24, 2.45) is 0 Å². The fourth-order valence-corrected chi connectivity index (χ4v) is 3.85. The number of amides is 4. The van der Waals surface area contributed by atoms with E-state index < -0.39 is 17.8 Å². The second-order valence-corrected chi connectivity index (χ2v) is 7.25. The third kappa shape index (κ3) is 3.84. The molecule has 0 spiro atoms. The zero-order valence-electron chi connectivity index (χ0n) is 17.4. The molecule has 8 heteroatoms. The van der Waals surface area contributed by atoms with Crippen LogP contribution in [0.1, 0.15) is 18.4 Å². The van der Waals surface area contributed by atoms with Gasteiger partial charge in [-0.2, -0.15) is 0 Å². The largest absolute Gasteiger partial charge is 0.496 e. The van der Waals surface area contributed by atoms with E-state index in [9.17, 15) is 14.4 Å². The Balaban J connectivity index is 1.76. The van der Waals surface area contributed by atoms with Crippen LogP contribution in [0.15, 0.2) is 48.0 Å². The Labute approximate surface area is 180 Å². The van der Waals surface area contributed by atoms with Gasteiger partial charge in [-0.1, -0.05) is 18.2 Å². The number of nitrogens with zero attached hydrogens (tertiary/aromatic N) is 2. The number of imide groups is 2. The van der Waals surface area contributed by atoms with E-state index in [0.29, 0.717) is 22.7 Å². The molecule has 1 N–H and O–H groups in total. The lowest BCUT2D eigenvalue weighted by molar-refractivity contribution is -0.122. The van der Waals surface area contributed by atoms with Crippen LogP contribution < -0.4 is 24.6 Å². The summed E-state index contributed by atoms with van der Waals surface area (Å²) >= 11 is 0. The van der Waals surface area contributed by atoms with Gasteiger partial charge >= 0.3 is 6.03 Å². The van der Waals surface area contributed by atoms with Gasteiger partial charge in [0, 0.05) is 24.7 Å². The van der Waals surface area contributed by atoms with Gasteiger partial charge in [-0.3, -0.25) is 14.9 Å². The molecule has 0 radical (unpaired) electrons. The van der Waals surface area contributed by atoms with Gasteiger partial charge in [0.05, 0.1) is 25.6 Å². The summed E-state index contributed by atoms with van der Waals surface area (Å²) in [5, 5.41) is 2.23. The second kappa shape index (κ2) is 8.51. The van der Waals surface area contributed by atoms with Crippen molar-refractivity contribution in [1.82, 2.24) is 5.32 Å². The summed E-state index contributed by atoms with van der Waals surface area (Å²) in [4.78, 5) is 41.1. The number of benzene rings is 2. The maximum absolute atomic E-state index is 13.1. The van der Waals surface area contributed by atoms with Gasteiger partial charge in [-0.15, -0.1) is 0 Å². The second-order valence-electron chi connectivity index (χ2n) is 7.25. The molecule has 0 aromatic heterocycles. The topological polar surface area (TPSA) is 88.2 Å². The molecule has 2 aliphatic heterocycles. The third-order valence-electron chi connectivity index (χ3n) is 5.39. The van der Waals surface area contributed by atoms with Crippen LogP contribution in [0, 0.1) is 0 Å². The van der Waals surface area contributed by atoms with Gasteiger partial charge < -0.3 is 14.4 Å². The third-order valence-corrected chi connectivity index (χ3v) is 5.39. The monoisotopic (exact) mass is 421 g/mol. The summed E-state index contributed by atoms with van der Waals surface area (Å²) in [5.41, 5.74) is 1.61. The number of para-hydroxylation sites is 1. The zero-order chi connectivity index (χ0) is 22.0. The number of nitrogens with one attached hydrogen (secondary N) is 1. The van der Waals surface area contributed by atoms with Crippen LogP contribution in [0.4, 0.5) is 16.2 Å². The lowest BCUT2D eigenvalue weighted by Crippen LogP contribution is -2.54. The minimum Gasteiger partial charge on any atom is -0.496 e. The van der Waals surface area contributed by atoms with Crippen molar-refractivity contribution in [3.63, 3.8) is 0 Å². The van der Waals surface area contributed by atoms with Gasteiger partial charge in [0.15, 0.2) is 0 Å². The number of hydrogen-bond donors (Lipinski definition) is 1. The molecule has 2 heterocycles. The highest BCUT2D eigenvalue weighted by Crippen LogP contribution is 2.38. The van der Waals surface area contributed by atoms with Crippen LogP contribution in [0.2, 0.25) is 0 Å². The summed E-state index contributed by atoms with van der Waals surface area (Å²) in [6.07, 6.45) is 3.64. The molecule has 31 heavy (non-hydrogen) atoms. The standard InChI is InChI=1S/C23H23N3O5/c1-30-19-14-18(25-10-6-7-11-25)20(31-2)13-15(19)12-17-21(27)24-23(29)26(22(17)28)16-8-4-3-5-9-16/h3-5,8-9,12-14H,6-7,10-11H2,1-2H3,(H,24,27,29)/b17-12+. The molecular weight excluding hydrogens is 398 g/mol.